The van der Waals surface area contributed by atoms with Crippen LogP contribution < -0.4 is 20.1 Å². The van der Waals surface area contributed by atoms with Crippen LogP contribution in [0.25, 0.3) is 0 Å². The Morgan fingerprint density at radius 1 is 1.03 bits per heavy atom. The van der Waals surface area contributed by atoms with E-state index in [-0.39, 0.29) is 35.6 Å². The number of halogens is 2. The average molecular weight is 406 g/mol. The van der Waals surface area contributed by atoms with Crippen molar-refractivity contribution in [3.63, 3.8) is 0 Å². The largest absolute Gasteiger partial charge is 0.493 e. The minimum atomic E-state index is -2.99. The molecule has 156 valence electrons. The molecule has 0 radical (unpaired) electrons. The molecule has 0 bridgehead atoms. The number of rotatable bonds is 9. The molecule has 0 saturated heterocycles. The standard InChI is InChI=1S/C21H24F2N2O4/c1-4-13(2)25-20(27)15-7-5-6-14(10-15)12-24-19(26)16-8-9-17(29-21(22)23)18(11-16)28-3/h5-11,13,21H,4,12H2,1-3H3,(H,24,26)(H,25,27). The molecule has 0 fully saturated rings. The Bertz CT molecular complexity index is 858. The maximum atomic E-state index is 12.4. The fourth-order valence-electron chi connectivity index (χ4n) is 2.52. The molecule has 2 amide bonds. The van der Waals surface area contributed by atoms with Gasteiger partial charge in [-0.3, -0.25) is 9.59 Å². The Morgan fingerprint density at radius 2 is 1.76 bits per heavy atom. The van der Waals surface area contributed by atoms with Gasteiger partial charge in [-0.2, -0.15) is 8.78 Å². The molecule has 0 aliphatic rings. The van der Waals surface area contributed by atoms with E-state index in [4.69, 9.17) is 4.74 Å². The molecule has 6 nitrogen and oxygen atoms in total. The summed E-state index contributed by atoms with van der Waals surface area (Å²) < 4.78 is 34.1. The molecule has 0 heterocycles. The molecule has 2 N–H and O–H groups in total. The number of hydrogen-bond donors (Lipinski definition) is 2. The smallest absolute Gasteiger partial charge is 0.387 e. The van der Waals surface area contributed by atoms with Crippen LogP contribution in [0.1, 0.15) is 46.5 Å². The summed E-state index contributed by atoms with van der Waals surface area (Å²) in [5.41, 5.74) is 1.49. The van der Waals surface area contributed by atoms with Gasteiger partial charge in [0.2, 0.25) is 0 Å². The second-order valence-corrected chi connectivity index (χ2v) is 6.41. The van der Waals surface area contributed by atoms with Gasteiger partial charge in [0.15, 0.2) is 11.5 Å². The van der Waals surface area contributed by atoms with E-state index in [1.54, 1.807) is 24.3 Å². The first-order valence-electron chi connectivity index (χ1n) is 9.14. The van der Waals surface area contributed by atoms with Gasteiger partial charge in [0.05, 0.1) is 7.11 Å². The van der Waals surface area contributed by atoms with Crippen LogP contribution in [0.4, 0.5) is 8.78 Å². The van der Waals surface area contributed by atoms with Crippen molar-refractivity contribution in [2.75, 3.05) is 7.11 Å². The number of benzene rings is 2. The number of methoxy groups -OCH3 is 1. The Labute approximate surface area is 168 Å². The average Bonchev–Trinajstić information content (AvgIpc) is 2.71. The van der Waals surface area contributed by atoms with Crippen LogP contribution in [0.2, 0.25) is 0 Å². The molecular formula is C21H24F2N2O4. The van der Waals surface area contributed by atoms with E-state index in [9.17, 15) is 18.4 Å². The van der Waals surface area contributed by atoms with Crippen molar-refractivity contribution in [2.24, 2.45) is 0 Å². The van der Waals surface area contributed by atoms with E-state index in [1.807, 2.05) is 13.8 Å². The Balaban J connectivity index is 2.04. The Morgan fingerprint density at radius 3 is 2.41 bits per heavy atom. The predicted molar refractivity (Wildman–Crippen MR) is 104 cm³/mol. The van der Waals surface area contributed by atoms with Gasteiger partial charge in [0.1, 0.15) is 0 Å². The van der Waals surface area contributed by atoms with E-state index in [0.717, 1.165) is 12.0 Å². The highest BCUT2D eigenvalue weighted by Crippen LogP contribution is 2.29. The number of nitrogens with one attached hydrogen (secondary N) is 2. The fraction of sp³-hybridized carbons (Fsp3) is 0.333. The fourth-order valence-corrected chi connectivity index (χ4v) is 2.52. The van der Waals surface area contributed by atoms with Gasteiger partial charge >= 0.3 is 6.61 Å². The number of carbonyl (C=O) groups excluding carboxylic acids is 2. The van der Waals surface area contributed by atoms with Gasteiger partial charge in [0.25, 0.3) is 11.8 Å². The van der Waals surface area contributed by atoms with Crippen molar-refractivity contribution in [1.29, 1.82) is 0 Å². The normalized spacial score (nSPS) is 11.7. The highest BCUT2D eigenvalue weighted by atomic mass is 19.3. The quantitative estimate of drug-likeness (QED) is 0.665. The first kappa shape index (κ1) is 22.1. The molecule has 1 unspecified atom stereocenters. The van der Waals surface area contributed by atoms with Crippen molar-refractivity contribution >= 4 is 11.8 Å². The summed E-state index contributed by atoms with van der Waals surface area (Å²) in [5.74, 6) is -0.714. The SMILES string of the molecule is CCC(C)NC(=O)c1cccc(CNC(=O)c2ccc(OC(F)F)c(OC)c2)c1. The lowest BCUT2D eigenvalue weighted by Gasteiger charge is -2.13. The van der Waals surface area contributed by atoms with Crippen LogP contribution in [0.3, 0.4) is 0 Å². The molecule has 0 aliphatic carbocycles. The zero-order valence-electron chi connectivity index (χ0n) is 16.5. The first-order valence-corrected chi connectivity index (χ1v) is 9.14. The van der Waals surface area contributed by atoms with E-state index in [2.05, 4.69) is 15.4 Å². The molecule has 0 aliphatic heterocycles. The number of carbonyl (C=O) groups is 2. The molecule has 8 heteroatoms. The van der Waals surface area contributed by atoms with Gasteiger partial charge in [0, 0.05) is 23.7 Å². The molecule has 1 atom stereocenters. The van der Waals surface area contributed by atoms with Gasteiger partial charge < -0.3 is 20.1 Å². The number of amides is 2. The molecule has 0 saturated carbocycles. The van der Waals surface area contributed by atoms with Crippen molar-refractivity contribution in [2.45, 2.75) is 39.5 Å². The minimum absolute atomic E-state index is 0.0293. The zero-order valence-corrected chi connectivity index (χ0v) is 16.5. The topological polar surface area (TPSA) is 76.7 Å². The summed E-state index contributed by atoms with van der Waals surface area (Å²) in [4.78, 5) is 24.6. The van der Waals surface area contributed by atoms with Gasteiger partial charge in [-0.1, -0.05) is 19.1 Å². The second-order valence-electron chi connectivity index (χ2n) is 6.41. The third-order valence-electron chi connectivity index (χ3n) is 4.27. The van der Waals surface area contributed by atoms with Crippen LogP contribution in [0, 0.1) is 0 Å². The lowest BCUT2D eigenvalue weighted by atomic mass is 10.1. The zero-order chi connectivity index (χ0) is 21.4. The number of hydrogen-bond acceptors (Lipinski definition) is 4. The summed E-state index contributed by atoms with van der Waals surface area (Å²) in [5, 5.41) is 5.62. The summed E-state index contributed by atoms with van der Waals surface area (Å²) in [6.45, 7) is 1.11. The molecule has 2 aromatic rings. The predicted octanol–water partition coefficient (Wildman–Crippen LogP) is 3.75. The minimum Gasteiger partial charge on any atom is -0.493 e. The monoisotopic (exact) mass is 406 g/mol. The van der Waals surface area contributed by atoms with E-state index >= 15 is 0 Å². The van der Waals surface area contributed by atoms with Crippen LogP contribution in [-0.4, -0.2) is 31.6 Å². The number of alkyl halides is 2. The lowest BCUT2D eigenvalue weighted by molar-refractivity contribution is -0.0512. The molecule has 2 aromatic carbocycles. The van der Waals surface area contributed by atoms with Crippen molar-refractivity contribution in [3.8, 4) is 11.5 Å². The molecule has 0 spiro atoms. The molecule has 29 heavy (non-hydrogen) atoms. The van der Waals surface area contributed by atoms with Crippen molar-refractivity contribution in [1.82, 2.24) is 10.6 Å². The third kappa shape index (κ3) is 6.44. The lowest BCUT2D eigenvalue weighted by Crippen LogP contribution is -2.32. The highest BCUT2D eigenvalue weighted by molar-refractivity contribution is 5.95. The van der Waals surface area contributed by atoms with Crippen LogP contribution in [0.15, 0.2) is 42.5 Å². The van der Waals surface area contributed by atoms with Crippen LogP contribution in [-0.2, 0) is 6.54 Å². The summed E-state index contributed by atoms with van der Waals surface area (Å²) in [7, 11) is 1.30. The third-order valence-corrected chi connectivity index (χ3v) is 4.27. The summed E-state index contributed by atoms with van der Waals surface area (Å²) >= 11 is 0. The Hall–Kier alpha value is -3.16. The number of ether oxygens (including phenoxy) is 2. The molecule has 2 rings (SSSR count). The van der Waals surface area contributed by atoms with E-state index in [0.29, 0.717) is 5.56 Å². The van der Waals surface area contributed by atoms with Crippen molar-refractivity contribution in [3.05, 3.63) is 59.2 Å². The molecule has 0 aromatic heterocycles. The van der Waals surface area contributed by atoms with Gasteiger partial charge in [-0.05, 0) is 49.2 Å². The van der Waals surface area contributed by atoms with Crippen LogP contribution in [0.5, 0.6) is 11.5 Å². The van der Waals surface area contributed by atoms with Crippen molar-refractivity contribution < 1.29 is 27.8 Å². The summed E-state index contributed by atoms with van der Waals surface area (Å²) in [6.07, 6.45) is 0.825. The summed E-state index contributed by atoms with van der Waals surface area (Å²) in [6, 6.07) is 11.0. The van der Waals surface area contributed by atoms with E-state index in [1.165, 1.54) is 25.3 Å². The van der Waals surface area contributed by atoms with E-state index < -0.39 is 12.5 Å². The maximum Gasteiger partial charge on any atom is 0.387 e. The second kappa shape index (κ2) is 10.4. The molecular weight excluding hydrogens is 382 g/mol. The maximum absolute atomic E-state index is 12.4. The Kier molecular flexibility index (Phi) is 7.94. The van der Waals surface area contributed by atoms with Crippen LogP contribution >= 0.6 is 0 Å². The first-order chi connectivity index (χ1) is 13.8. The van der Waals surface area contributed by atoms with Gasteiger partial charge in [-0.25, -0.2) is 0 Å². The highest BCUT2D eigenvalue weighted by Gasteiger charge is 2.14. The van der Waals surface area contributed by atoms with Gasteiger partial charge in [-0.15, -0.1) is 0 Å².